The summed E-state index contributed by atoms with van der Waals surface area (Å²) >= 11 is 0. The molecule has 2 heteroatoms. The van der Waals surface area contributed by atoms with E-state index in [2.05, 4.69) is 13.5 Å². The molecule has 0 amide bonds. The molecule has 0 aromatic heterocycles. The number of unbranched alkanes of at least 4 members (excludes halogenated alkanes) is 3. The molecule has 1 fully saturated rings. The first-order valence-electron chi connectivity index (χ1n) is 7.14. The van der Waals surface area contributed by atoms with Gasteiger partial charge in [0.1, 0.15) is 6.17 Å². The monoisotopic (exact) mass is 242 g/mol. The largest absolute Gasteiger partial charge is 0.371 e. The van der Waals surface area contributed by atoms with E-state index in [0.717, 1.165) is 12.8 Å². The van der Waals surface area contributed by atoms with Crippen molar-refractivity contribution in [3.8, 4) is 0 Å². The van der Waals surface area contributed by atoms with E-state index in [1.54, 1.807) is 6.08 Å². The Bertz CT molecular complexity index is 205. The second kappa shape index (κ2) is 8.68. The first-order chi connectivity index (χ1) is 8.27. The first kappa shape index (κ1) is 14.7. The minimum absolute atomic E-state index is 0.181. The quantitative estimate of drug-likeness (QED) is 0.444. The highest BCUT2D eigenvalue weighted by molar-refractivity contribution is 4.82. The smallest absolute Gasteiger partial charge is 0.126 e. The van der Waals surface area contributed by atoms with Crippen LogP contribution in [0.25, 0.3) is 0 Å². The summed E-state index contributed by atoms with van der Waals surface area (Å²) in [7, 11) is 0. The van der Waals surface area contributed by atoms with Crippen LogP contribution in [0.15, 0.2) is 12.7 Å². The maximum Gasteiger partial charge on any atom is 0.126 e. The Kier molecular flexibility index (Phi) is 7.50. The molecule has 17 heavy (non-hydrogen) atoms. The molecule has 1 aliphatic rings. The van der Waals surface area contributed by atoms with Gasteiger partial charge in [0.25, 0.3) is 0 Å². The number of alkyl halides is 1. The molecule has 0 spiro atoms. The summed E-state index contributed by atoms with van der Waals surface area (Å²) in [6.45, 7) is 6.30. The zero-order valence-electron chi connectivity index (χ0n) is 11.2. The fraction of sp³-hybridized carbons (Fsp3) is 0.867. The van der Waals surface area contributed by atoms with E-state index in [-0.39, 0.29) is 6.10 Å². The van der Waals surface area contributed by atoms with Gasteiger partial charge in [-0.05, 0) is 25.2 Å². The molecule has 0 aromatic rings. The van der Waals surface area contributed by atoms with E-state index in [9.17, 15) is 4.39 Å². The van der Waals surface area contributed by atoms with Gasteiger partial charge in [0.2, 0.25) is 0 Å². The highest BCUT2D eigenvalue weighted by Crippen LogP contribution is 2.32. The van der Waals surface area contributed by atoms with Gasteiger partial charge >= 0.3 is 0 Å². The topological polar surface area (TPSA) is 9.23 Å². The van der Waals surface area contributed by atoms with Crippen LogP contribution in [-0.4, -0.2) is 18.9 Å². The number of hydrogen-bond donors (Lipinski definition) is 0. The van der Waals surface area contributed by atoms with Gasteiger partial charge < -0.3 is 4.74 Å². The van der Waals surface area contributed by atoms with E-state index in [4.69, 9.17) is 4.74 Å². The fourth-order valence-electron chi connectivity index (χ4n) is 2.67. The Morgan fingerprint density at radius 2 is 2.12 bits per heavy atom. The van der Waals surface area contributed by atoms with Gasteiger partial charge in [-0.1, -0.05) is 45.1 Å². The molecule has 100 valence electrons. The Balaban J connectivity index is 2.15. The van der Waals surface area contributed by atoms with Crippen LogP contribution in [0, 0.1) is 5.92 Å². The molecule has 1 rings (SSSR count). The van der Waals surface area contributed by atoms with Crippen molar-refractivity contribution in [3.63, 3.8) is 0 Å². The van der Waals surface area contributed by atoms with Gasteiger partial charge in [-0.25, -0.2) is 4.39 Å². The maximum absolute atomic E-state index is 13.8. The summed E-state index contributed by atoms with van der Waals surface area (Å²) in [6, 6.07) is 0. The van der Waals surface area contributed by atoms with Crippen molar-refractivity contribution in [2.45, 2.75) is 70.6 Å². The zero-order chi connectivity index (χ0) is 12.5. The Labute approximate surface area is 105 Å². The highest BCUT2D eigenvalue weighted by atomic mass is 19.1. The summed E-state index contributed by atoms with van der Waals surface area (Å²) in [5.41, 5.74) is 0. The average molecular weight is 242 g/mol. The fourth-order valence-corrected chi connectivity index (χ4v) is 2.67. The van der Waals surface area contributed by atoms with Crippen LogP contribution < -0.4 is 0 Å². The summed E-state index contributed by atoms with van der Waals surface area (Å²) < 4.78 is 19.3. The van der Waals surface area contributed by atoms with Gasteiger partial charge in [-0.3, -0.25) is 0 Å². The van der Waals surface area contributed by atoms with E-state index < -0.39 is 6.17 Å². The lowest BCUT2D eigenvalue weighted by molar-refractivity contribution is -0.0257. The van der Waals surface area contributed by atoms with E-state index in [1.807, 2.05) is 0 Å². The molecule has 3 unspecified atom stereocenters. The third kappa shape index (κ3) is 5.67. The second-order valence-corrected chi connectivity index (χ2v) is 5.20. The Hall–Kier alpha value is -0.370. The summed E-state index contributed by atoms with van der Waals surface area (Å²) in [4.78, 5) is 0. The summed E-state index contributed by atoms with van der Waals surface area (Å²) in [5, 5.41) is 0. The standard InChI is InChI=1S/C15H27FO/c1-3-5-6-7-8-13-9-10-15(14(16)12-13)17-11-4-2/h4,13-15H,2-3,5-12H2,1H3. The lowest BCUT2D eigenvalue weighted by Gasteiger charge is -2.31. The second-order valence-electron chi connectivity index (χ2n) is 5.20. The van der Waals surface area contributed by atoms with Gasteiger partial charge in [-0.2, -0.15) is 0 Å². The summed E-state index contributed by atoms with van der Waals surface area (Å²) in [5.74, 6) is 0.588. The number of halogens is 1. The van der Waals surface area contributed by atoms with Crippen LogP contribution in [0.2, 0.25) is 0 Å². The highest BCUT2D eigenvalue weighted by Gasteiger charge is 2.30. The molecule has 3 atom stereocenters. The molecular weight excluding hydrogens is 215 g/mol. The van der Waals surface area contributed by atoms with Crippen molar-refractivity contribution < 1.29 is 9.13 Å². The van der Waals surface area contributed by atoms with Gasteiger partial charge in [0.15, 0.2) is 0 Å². The minimum Gasteiger partial charge on any atom is -0.371 e. The Morgan fingerprint density at radius 3 is 2.76 bits per heavy atom. The molecule has 0 aromatic carbocycles. The molecule has 0 N–H and O–H groups in total. The third-order valence-electron chi connectivity index (χ3n) is 3.72. The minimum atomic E-state index is -0.764. The summed E-state index contributed by atoms with van der Waals surface area (Å²) in [6.07, 6.45) is 9.84. The maximum atomic E-state index is 13.8. The van der Waals surface area contributed by atoms with Crippen molar-refractivity contribution in [2.75, 3.05) is 6.61 Å². The van der Waals surface area contributed by atoms with E-state index in [0.29, 0.717) is 18.9 Å². The molecule has 0 bridgehead atoms. The normalized spacial score (nSPS) is 29.2. The van der Waals surface area contributed by atoms with Crippen LogP contribution >= 0.6 is 0 Å². The lowest BCUT2D eigenvalue weighted by Crippen LogP contribution is -2.33. The zero-order valence-corrected chi connectivity index (χ0v) is 11.2. The molecule has 0 aliphatic heterocycles. The number of hydrogen-bond acceptors (Lipinski definition) is 1. The molecule has 0 saturated heterocycles. The van der Waals surface area contributed by atoms with Gasteiger partial charge in [0, 0.05) is 0 Å². The van der Waals surface area contributed by atoms with Crippen molar-refractivity contribution in [1.29, 1.82) is 0 Å². The van der Waals surface area contributed by atoms with Crippen LogP contribution in [0.1, 0.15) is 58.3 Å². The molecule has 1 nitrogen and oxygen atoms in total. The SMILES string of the molecule is C=CCOC1CCC(CCCCCC)CC1F. The number of rotatable bonds is 8. The van der Waals surface area contributed by atoms with Gasteiger partial charge in [0.05, 0.1) is 12.7 Å². The van der Waals surface area contributed by atoms with Crippen molar-refractivity contribution in [2.24, 2.45) is 5.92 Å². The van der Waals surface area contributed by atoms with Crippen LogP contribution in [0.3, 0.4) is 0 Å². The van der Waals surface area contributed by atoms with Crippen molar-refractivity contribution in [1.82, 2.24) is 0 Å². The molecule has 0 heterocycles. The van der Waals surface area contributed by atoms with E-state index >= 15 is 0 Å². The predicted octanol–water partition coefficient (Wildman–Crippen LogP) is 4.67. The van der Waals surface area contributed by atoms with Crippen LogP contribution in [0.4, 0.5) is 4.39 Å². The molecule has 1 saturated carbocycles. The molecule has 0 radical (unpaired) electrons. The number of ether oxygens (including phenoxy) is 1. The molecule has 1 aliphatic carbocycles. The average Bonchev–Trinajstić information content (AvgIpc) is 2.34. The van der Waals surface area contributed by atoms with Crippen LogP contribution in [0.5, 0.6) is 0 Å². The van der Waals surface area contributed by atoms with Gasteiger partial charge in [-0.15, -0.1) is 6.58 Å². The Morgan fingerprint density at radius 1 is 1.29 bits per heavy atom. The lowest BCUT2D eigenvalue weighted by atomic mass is 9.83. The predicted molar refractivity (Wildman–Crippen MR) is 70.9 cm³/mol. The van der Waals surface area contributed by atoms with Crippen LogP contribution in [-0.2, 0) is 4.74 Å². The first-order valence-corrected chi connectivity index (χ1v) is 7.14. The molecular formula is C15H27FO. The van der Waals surface area contributed by atoms with Crippen molar-refractivity contribution in [3.05, 3.63) is 12.7 Å². The third-order valence-corrected chi connectivity index (χ3v) is 3.72. The van der Waals surface area contributed by atoms with Crippen molar-refractivity contribution >= 4 is 0 Å². The van der Waals surface area contributed by atoms with E-state index in [1.165, 1.54) is 32.1 Å².